The molecule has 0 aliphatic carbocycles. The summed E-state index contributed by atoms with van der Waals surface area (Å²) in [6.07, 6.45) is -3.38. The summed E-state index contributed by atoms with van der Waals surface area (Å²) in [5.41, 5.74) is 0.620. The van der Waals surface area contributed by atoms with Crippen molar-refractivity contribution in [1.82, 2.24) is 9.78 Å². The summed E-state index contributed by atoms with van der Waals surface area (Å²) in [6.45, 7) is 1.64. The number of carbonyl (C=O) groups is 1. The molecular weight excluding hydrogens is 271 g/mol. The third-order valence-corrected chi connectivity index (χ3v) is 2.57. The molecule has 0 aliphatic rings. The highest BCUT2D eigenvalue weighted by atomic mass is 19.4. The van der Waals surface area contributed by atoms with E-state index in [4.69, 9.17) is 0 Å². The van der Waals surface area contributed by atoms with Crippen LogP contribution < -0.4 is 5.32 Å². The standard InChI is InChI=1S/C13H12F3N3O/c1-9-2-4-10(5-3-9)17-12(20)8-19-7-6-11(18-19)13(14,15)16/h2-7H,8H2,1H3,(H,17,20). The largest absolute Gasteiger partial charge is 0.435 e. The first-order valence-corrected chi connectivity index (χ1v) is 5.82. The minimum Gasteiger partial charge on any atom is -0.324 e. The van der Waals surface area contributed by atoms with Crippen molar-refractivity contribution in [3.05, 3.63) is 47.8 Å². The smallest absolute Gasteiger partial charge is 0.324 e. The van der Waals surface area contributed by atoms with E-state index in [1.54, 1.807) is 12.1 Å². The average Bonchev–Trinajstić information content (AvgIpc) is 2.80. The molecule has 0 bridgehead atoms. The molecule has 1 heterocycles. The Kier molecular flexibility index (Phi) is 3.78. The van der Waals surface area contributed by atoms with Crippen LogP contribution in [-0.4, -0.2) is 15.7 Å². The van der Waals surface area contributed by atoms with Gasteiger partial charge in [-0.3, -0.25) is 9.48 Å². The van der Waals surface area contributed by atoms with Crippen molar-refractivity contribution in [3.63, 3.8) is 0 Å². The van der Waals surface area contributed by atoms with Crippen molar-refractivity contribution < 1.29 is 18.0 Å². The monoisotopic (exact) mass is 283 g/mol. The van der Waals surface area contributed by atoms with Gasteiger partial charge in [-0.2, -0.15) is 18.3 Å². The first-order valence-electron chi connectivity index (χ1n) is 5.82. The Morgan fingerprint density at radius 2 is 1.90 bits per heavy atom. The third kappa shape index (κ3) is 3.59. The minimum atomic E-state index is -4.50. The van der Waals surface area contributed by atoms with E-state index < -0.39 is 17.8 Å². The van der Waals surface area contributed by atoms with E-state index in [1.165, 1.54) is 0 Å². The topological polar surface area (TPSA) is 46.9 Å². The van der Waals surface area contributed by atoms with Gasteiger partial charge in [0.2, 0.25) is 5.91 Å². The molecule has 1 aromatic heterocycles. The molecule has 1 N–H and O–H groups in total. The van der Waals surface area contributed by atoms with Crippen molar-refractivity contribution in [2.75, 3.05) is 5.32 Å². The average molecular weight is 283 g/mol. The molecule has 0 unspecified atom stereocenters. The molecule has 0 saturated carbocycles. The molecule has 2 rings (SSSR count). The second-order valence-electron chi connectivity index (χ2n) is 4.31. The number of rotatable bonds is 3. The van der Waals surface area contributed by atoms with Gasteiger partial charge in [-0.15, -0.1) is 0 Å². The number of carbonyl (C=O) groups excluding carboxylic acids is 1. The van der Waals surface area contributed by atoms with Gasteiger partial charge in [0.25, 0.3) is 0 Å². The number of nitrogens with zero attached hydrogens (tertiary/aromatic N) is 2. The van der Waals surface area contributed by atoms with Crippen LogP contribution in [0.3, 0.4) is 0 Å². The molecule has 4 nitrogen and oxygen atoms in total. The fraction of sp³-hybridized carbons (Fsp3) is 0.231. The molecule has 0 saturated heterocycles. The van der Waals surface area contributed by atoms with Gasteiger partial charge < -0.3 is 5.32 Å². The van der Waals surface area contributed by atoms with Crippen molar-refractivity contribution in [3.8, 4) is 0 Å². The summed E-state index contributed by atoms with van der Waals surface area (Å²) < 4.78 is 38.0. The van der Waals surface area contributed by atoms with Crippen LogP contribution >= 0.6 is 0 Å². The van der Waals surface area contributed by atoms with Crippen LogP contribution in [-0.2, 0) is 17.5 Å². The van der Waals surface area contributed by atoms with E-state index >= 15 is 0 Å². The lowest BCUT2D eigenvalue weighted by atomic mass is 10.2. The zero-order chi connectivity index (χ0) is 14.8. The van der Waals surface area contributed by atoms with E-state index in [0.29, 0.717) is 5.69 Å². The fourth-order valence-electron chi connectivity index (χ4n) is 1.59. The zero-order valence-corrected chi connectivity index (χ0v) is 10.6. The summed E-state index contributed by atoms with van der Waals surface area (Å²) in [5.74, 6) is -0.439. The SMILES string of the molecule is Cc1ccc(NC(=O)Cn2ccc(C(F)(F)F)n2)cc1. The quantitative estimate of drug-likeness (QED) is 0.941. The Labute approximate surface area is 113 Å². The predicted molar refractivity (Wildman–Crippen MR) is 67.0 cm³/mol. The Balaban J connectivity index is 1.98. The van der Waals surface area contributed by atoms with E-state index in [0.717, 1.165) is 22.5 Å². The van der Waals surface area contributed by atoms with Crippen molar-refractivity contribution in [2.45, 2.75) is 19.6 Å². The van der Waals surface area contributed by atoms with E-state index in [2.05, 4.69) is 10.4 Å². The van der Waals surface area contributed by atoms with Crippen LogP contribution in [0, 0.1) is 6.92 Å². The van der Waals surface area contributed by atoms with Gasteiger partial charge in [0.05, 0.1) is 0 Å². The number of hydrogen-bond acceptors (Lipinski definition) is 2. The van der Waals surface area contributed by atoms with Crippen molar-refractivity contribution in [2.24, 2.45) is 0 Å². The highest BCUT2D eigenvalue weighted by Crippen LogP contribution is 2.27. The summed E-state index contributed by atoms with van der Waals surface area (Å²) in [5, 5.41) is 5.89. The van der Waals surface area contributed by atoms with Gasteiger partial charge in [-0.05, 0) is 25.1 Å². The molecular formula is C13H12F3N3O. The lowest BCUT2D eigenvalue weighted by molar-refractivity contribution is -0.141. The van der Waals surface area contributed by atoms with Crippen LogP contribution in [0.1, 0.15) is 11.3 Å². The van der Waals surface area contributed by atoms with Gasteiger partial charge in [-0.1, -0.05) is 17.7 Å². The third-order valence-electron chi connectivity index (χ3n) is 2.57. The van der Waals surface area contributed by atoms with Crippen LogP contribution in [0.5, 0.6) is 0 Å². The lowest BCUT2D eigenvalue weighted by Gasteiger charge is -2.06. The number of aromatic nitrogens is 2. The van der Waals surface area contributed by atoms with Crippen molar-refractivity contribution in [1.29, 1.82) is 0 Å². The van der Waals surface area contributed by atoms with Gasteiger partial charge in [0.1, 0.15) is 6.54 Å². The Morgan fingerprint density at radius 3 is 2.45 bits per heavy atom. The molecule has 106 valence electrons. The maximum Gasteiger partial charge on any atom is 0.435 e. The number of benzene rings is 1. The van der Waals surface area contributed by atoms with Gasteiger partial charge >= 0.3 is 6.18 Å². The molecule has 0 spiro atoms. The number of aryl methyl sites for hydroxylation is 1. The Hall–Kier alpha value is -2.31. The van der Waals surface area contributed by atoms with Gasteiger partial charge in [-0.25, -0.2) is 0 Å². The second-order valence-corrected chi connectivity index (χ2v) is 4.31. The highest BCUT2D eigenvalue weighted by Gasteiger charge is 2.33. The first-order chi connectivity index (χ1) is 9.34. The highest BCUT2D eigenvalue weighted by molar-refractivity contribution is 5.90. The molecule has 7 heteroatoms. The summed E-state index contributed by atoms with van der Waals surface area (Å²) in [4.78, 5) is 11.7. The zero-order valence-electron chi connectivity index (χ0n) is 10.6. The van der Waals surface area contributed by atoms with Crippen LogP contribution in [0.25, 0.3) is 0 Å². The number of amides is 1. The fourth-order valence-corrected chi connectivity index (χ4v) is 1.59. The van der Waals surface area contributed by atoms with Crippen molar-refractivity contribution >= 4 is 11.6 Å². The van der Waals surface area contributed by atoms with E-state index in [1.807, 2.05) is 19.1 Å². The summed E-state index contributed by atoms with van der Waals surface area (Å²) in [7, 11) is 0. The summed E-state index contributed by atoms with van der Waals surface area (Å²) in [6, 6.07) is 7.92. The van der Waals surface area contributed by atoms with Gasteiger partial charge in [0, 0.05) is 11.9 Å². The molecule has 0 atom stereocenters. The molecule has 0 fully saturated rings. The molecule has 2 aromatic rings. The molecule has 1 aromatic carbocycles. The van der Waals surface area contributed by atoms with Crippen LogP contribution in [0.2, 0.25) is 0 Å². The molecule has 20 heavy (non-hydrogen) atoms. The predicted octanol–water partition coefficient (Wildman–Crippen LogP) is 2.85. The van der Waals surface area contributed by atoms with Crippen LogP contribution in [0.15, 0.2) is 36.5 Å². The molecule has 0 radical (unpaired) electrons. The Bertz CT molecular complexity index is 602. The van der Waals surface area contributed by atoms with Crippen LogP contribution in [0.4, 0.5) is 18.9 Å². The Morgan fingerprint density at radius 1 is 1.25 bits per heavy atom. The van der Waals surface area contributed by atoms with E-state index in [-0.39, 0.29) is 6.54 Å². The number of alkyl halides is 3. The summed E-state index contributed by atoms with van der Waals surface area (Å²) >= 11 is 0. The van der Waals surface area contributed by atoms with E-state index in [9.17, 15) is 18.0 Å². The first kappa shape index (κ1) is 14.1. The molecule has 1 amide bonds. The van der Waals surface area contributed by atoms with Gasteiger partial charge in [0.15, 0.2) is 5.69 Å². The lowest BCUT2D eigenvalue weighted by Crippen LogP contribution is -2.19. The minimum absolute atomic E-state index is 0.274. The number of halogens is 3. The number of anilines is 1. The normalized spacial score (nSPS) is 11.4. The maximum absolute atomic E-state index is 12.3. The number of nitrogens with one attached hydrogen (secondary N) is 1. The second kappa shape index (κ2) is 5.36. The number of hydrogen-bond donors (Lipinski definition) is 1. The molecule has 0 aliphatic heterocycles. The maximum atomic E-state index is 12.3.